The second-order valence-corrected chi connectivity index (χ2v) is 11.9. The Morgan fingerprint density at radius 1 is 0.854 bits per heavy atom. The molecule has 0 N–H and O–H groups in total. The molecule has 2 saturated heterocycles. The highest BCUT2D eigenvalue weighted by molar-refractivity contribution is 5.48. The molecule has 2 aliphatic heterocycles. The lowest BCUT2D eigenvalue weighted by atomic mass is 9.85. The summed E-state index contributed by atoms with van der Waals surface area (Å²) >= 11 is 0. The van der Waals surface area contributed by atoms with E-state index in [-0.39, 0.29) is 0 Å². The highest BCUT2D eigenvalue weighted by atomic mass is 16.6. The maximum Gasteiger partial charge on any atom is 0.104 e. The van der Waals surface area contributed by atoms with Crippen molar-refractivity contribution in [1.82, 2.24) is 0 Å². The fourth-order valence-corrected chi connectivity index (χ4v) is 5.46. The first kappa shape index (κ1) is 31.4. The number of epoxide rings is 2. The monoisotopic (exact) mass is 558 g/mol. The number of rotatable bonds is 19. The van der Waals surface area contributed by atoms with Gasteiger partial charge in [-0.15, -0.1) is 0 Å². The molecule has 2 aliphatic rings. The summed E-state index contributed by atoms with van der Waals surface area (Å²) in [6.07, 6.45) is 9.63. The van der Waals surface area contributed by atoms with Crippen molar-refractivity contribution in [3.8, 4) is 0 Å². The second-order valence-electron chi connectivity index (χ2n) is 11.9. The molecule has 2 aromatic rings. The molecular formula is C37H50O4. The van der Waals surface area contributed by atoms with Gasteiger partial charge in [-0.05, 0) is 99.1 Å². The van der Waals surface area contributed by atoms with E-state index in [1.54, 1.807) is 0 Å². The molecule has 4 nitrogen and oxygen atoms in total. The van der Waals surface area contributed by atoms with E-state index in [2.05, 4.69) is 77.3 Å². The first-order chi connectivity index (χ1) is 19.8. The SMILES string of the molecule is C=C(C)/C=C(/Cc1cc(C)cc(Cc2cc(C)ccc2CCCOCC2CO2)c1CCCOCC1CO1)C(=C)CC. The first-order valence-electron chi connectivity index (χ1n) is 15.4. The summed E-state index contributed by atoms with van der Waals surface area (Å²) in [7, 11) is 0. The summed E-state index contributed by atoms with van der Waals surface area (Å²) in [6.45, 7) is 21.9. The summed E-state index contributed by atoms with van der Waals surface area (Å²) in [6, 6.07) is 11.7. The van der Waals surface area contributed by atoms with Crippen LogP contribution in [0.3, 0.4) is 0 Å². The van der Waals surface area contributed by atoms with E-state index < -0.39 is 0 Å². The minimum absolute atomic E-state index is 0.308. The van der Waals surface area contributed by atoms with E-state index in [0.717, 1.165) is 83.6 Å². The van der Waals surface area contributed by atoms with Gasteiger partial charge < -0.3 is 18.9 Å². The van der Waals surface area contributed by atoms with Crippen molar-refractivity contribution in [2.45, 2.75) is 84.8 Å². The summed E-state index contributed by atoms with van der Waals surface area (Å²) in [4.78, 5) is 0. The average Bonchev–Trinajstić information content (AvgIpc) is 3.85. The topological polar surface area (TPSA) is 43.5 Å². The normalized spacial score (nSPS) is 18.0. The van der Waals surface area contributed by atoms with Crippen LogP contribution in [-0.2, 0) is 44.6 Å². The Labute approximate surface area is 248 Å². The number of benzene rings is 2. The van der Waals surface area contributed by atoms with Gasteiger partial charge in [0.15, 0.2) is 0 Å². The van der Waals surface area contributed by atoms with E-state index >= 15 is 0 Å². The Balaban J connectivity index is 1.57. The Hall–Kier alpha value is -2.50. The van der Waals surface area contributed by atoms with Gasteiger partial charge in [0.2, 0.25) is 0 Å². The van der Waals surface area contributed by atoms with Crippen LogP contribution in [0.5, 0.6) is 0 Å². The standard InChI is InChI=1S/C37H50O4/c1-7-29(6)31(16-26(2)3)20-33-18-28(5)19-34(37(33)11-9-15-39-23-36-25-41-36)21-32-17-27(4)12-13-30(32)10-8-14-38-22-35-24-40-35/h12-13,16-19,35-36H,2,6-11,14-15,20-25H2,1,3-5H3/b31-16-. The van der Waals surface area contributed by atoms with Crippen LogP contribution in [0.2, 0.25) is 0 Å². The molecule has 0 spiro atoms. The Morgan fingerprint density at radius 3 is 2.07 bits per heavy atom. The third kappa shape index (κ3) is 10.7. The van der Waals surface area contributed by atoms with Gasteiger partial charge in [-0.25, -0.2) is 0 Å². The maximum absolute atomic E-state index is 5.93. The quantitative estimate of drug-likeness (QED) is 0.101. The predicted octanol–water partition coefficient (Wildman–Crippen LogP) is 7.60. The van der Waals surface area contributed by atoms with Gasteiger partial charge >= 0.3 is 0 Å². The van der Waals surface area contributed by atoms with Gasteiger partial charge in [0, 0.05) is 13.2 Å². The molecule has 41 heavy (non-hydrogen) atoms. The number of hydrogen-bond acceptors (Lipinski definition) is 4. The second kappa shape index (κ2) is 15.7. The summed E-state index contributed by atoms with van der Waals surface area (Å²) in [5, 5.41) is 0. The fraction of sp³-hybridized carbons (Fsp3) is 0.514. The Kier molecular flexibility index (Phi) is 12.0. The van der Waals surface area contributed by atoms with Gasteiger partial charge in [-0.1, -0.05) is 78.8 Å². The minimum atomic E-state index is 0.308. The minimum Gasteiger partial charge on any atom is -0.379 e. The van der Waals surface area contributed by atoms with E-state index in [1.165, 1.54) is 50.1 Å². The third-order valence-electron chi connectivity index (χ3n) is 7.87. The van der Waals surface area contributed by atoms with Gasteiger partial charge in [0.05, 0.1) is 26.4 Å². The molecule has 0 bridgehead atoms. The number of ether oxygens (including phenoxy) is 4. The Morgan fingerprint density at radius 2 is 1.46 bits per heavy atom. The fourth-order valence-electron chi connectivity index (χ4n) is 5.46. The zero-order valence-electron chi connectivity index (χ0n) is 25.9. The summed E-state index contributed by atoms with van der Waals surface area (Å²) < 4.78 is 22.3. The van der Waals surface area contributed by atoms with E-state index in [9.17, 15) is 0 Å². The summed E-state index contributed by atoms with van der Waals surface area (Å²) in [5.41, 5.74) is 13.3. The van der Waals surface area contributed by atoms with Gasteiger partial charge in [-0.3, -0.25) is 0 Å². The average molecular weight is 559 g/mol. The van der Waals surface area contributed by atoms with Crippen LogP contribution >= 0.6 is 0 Å². The van der Waals surface area contributed by atoms with E-state index in [1.807, 2.05) is 0 Å². The molecule has 0 aliphatic carbocycles. The van der Waals surface area contributed by atoms with Crippen molar-refractivity contribution in [2.24, 2.45) is 0 Å². The van der Waals surface area contributed by atoms with Crippen LogP contribution in [-0.4, -0.2) is 51.8 Å². The van der Waals surface area contributed by atoms with Crippen LogP contribution in [0.25, 0.3) is 0 Å². The lowest BCUT2D eigenvalue weighted by Gasteiger charge is -2.20. The lowest BCUT2D eigenvalue weighted by Crippen LogP contribution is -2.09. The number of allylic oxidation sites excluding steroid dienone is 4. The molecular weight excluding hydrogens is 508 g/mol. The largest absolute Gasteiger partial charge is 0.379 e. The van der Waals surface area contributed by atoms with Crippen LogP contribution in [0, 0.1) is 13.8 Å². The number of hydrogen-bond donors (Lipinski definition) is 0. The molecule has 0 aromatic heterocycles. The van der Waals surface area contributed by atoms with Crippen molar-refractivity contribution in [2.75, 3.05) is 39.6 Å². The highest BCUT2D eigenvalue weighted by Crippen LogP contribution is 2.29. The smallest absolute Gasteiger partial charge is 0.104 e. The number of aryl methyl sites for hydroxylation is 3. The molecule has 0 saturated carbocycles. The molecule has 2 heterocycles. The zero-order valence-corrected chi connectivity index (χ0v) is 25.9. The van der Waals surface area contributed by atoms with Crippen LogP contribution in [0.15, 0.2) is 66.3 Å². The Bertz CT molecular complexity index is 1220. The van der Waals surface area contributed by atoms with Crippen molar-refractivity contribution in [3.63, 3.8) is 0 Å². The molecule has 222 valence electrons. The highest BCUT2D eigenvalue weighted by Gasteiger charge is 2.23. The molecule has 2 atom stereocenters. The molecule has 2 fully saturated rings. The predicted molar refractivity (Wildman–Crippen MR) is 169 cm³/mol. The van der Waals surface area contributed by atoms with E-state index in [0.29, 0.717) is 18.8 Å². The zero-order chi connectivity index (χ0) is 29.2. The van der Waals surface area contributed by atoms with Gasteiger partial charge in [0.1, 0.15) is 12.2 Å². The molecule has 4 rings (SSSR count). The summed E-state index contributed by atoms with van der Waals surface area (Å²) in [5.74, 6) is 0. The van der Waals surface area contributed by atoms with Gasteiger partial charge in [0.25, 0.3) is 0 Å². The lowest BCUT2D eigenvalue weighted by molar-refractivity contribution is 0.114. The van der Waals surface area contributed by atoms with Crippen molar-refractivity contribution in [3.05, 3.63) is 105 Å². The molecule has 2 unspecified atom stereocenters. The van der Waals surface area contributed by atoms with Crippen molar-refractivity contribution >= 4 is 0 Å². The van der Waals surface area contributed by atoms with Crippen molar-refractivity contribution < 1.29 is 18.9 Å². The molecule has 2 aromatic carbocycles. The molecule has 0 radical (unpaired) electrons. The molecule has 0 amide bonds. The van der Waals surface area contributed by atoms with Crippen LogP contribution in [0.4, 0.5) is 0 Å². The molecule has 4 heteroatoms. The van der Waals surface area contributed by atoms with Crippen LogP contribution < -0.4 is 0 Å². The third-order valence-corrected chi connectivity index (χ3v) is 7.87. The van der Waals surface area contributed by atoms with Crippen molar-refractivity contribution in [1.29, 1.82) is 0 Å². The van der Waals surface area contributed by atoms with Gasteiger partial charge in [-0.2, -0.15) is 0 Å². The maximum atomic E-state index is 5.93. The van der Waals surface area contributed by atoms with E-state index in [4.69, 9.17) is 18.9 Å². The van der Waals surface area contributed by atoms with Crippen LogP contribution in [0.1, 0.15) is 72.1 Å². The first-order valence-corrected chi connectivity index (χ1v) is 15.4.